The van der Waals surface area contributed by atoms with Gasteiger partial charge in [-0.2, -0.15) is 8.78 Å². The standard InChI is InChI=1S/C14H19F2N3O2/c15-14(16)21-13-3-1-12(2-4-13)19-7-6-18(11-19)8-10-20-9-5-17/h1-4,6-7,14H,5,8-11,17H2. The molecule has 0 aromatic heterocycles. The second-order valence-corrected chi connectivity index (χ2v) is 4.50. The van der Waals surface area contributed by atoms with Crippen LogP contribution in [-0.4, -0.2) is 44.5 Å². The van der Waals surface area contributed by atoms with E-state index in [-0.39, 0.29) is 5.75 Å². The Labute approximate surface area is 122 Å². The van der Waals surface area contributed by atoms with Crippen LogP contribution in [0, 0.1) is 0 Å². The van der Waals surface area contributed by atoms with Gasteiger partial charge < -0.3 is 25.0 Å². The summed E-state index contributed by atoms with van der Waals surface area (Å²) in [6, 6.07) is 6.55. The maximum atomic E-state index is 12.1. The molecule has 0 aliphatic carbocycles. The molecule has 1 aliphatic heterocycles. The Bertz CT molecular complexity index is 454. The molecule has 0 amide bonds. The molecule has 2 N–H and O–H groups in total. The Balaban J connectivity index is 1.80. The van der Waals surface area contributed by atoms with Gasteiger partial charge in [0.1, 0.15) is 5.75 Å². The van der Waals surface area contributed by atoms with Crippen molar-refractivity contribution in [2.45, 2.75) is 6.61 Å². The van der Waals surface area contributed by atoms with Gasteiger partial charge >= 0.3 is 6.61 Å². The fraction of sp³-hybridized carbons (Fsp3) is 0.429. The van der Waals surface area contributed by atoms with Gasteiger partial charge in [0, 0.05) is 31.2 Å². The average molecular weight is 299 g/mol. The molecule has 1 heterocycles. The Morgan fingerprint density at radius 2 is 1.90 bits per heavy atom. The predicted octanol–water partition coefficient (Wildman–Crippen LogP) is 1.81. The average Bonchev–Trinajstić information content (AvgIpc) is 2.93. The summed E-state index contributed by atoms with van der Waals surface area (Å²) >= 11 is 0. The highest BCUT2D eigenvalue weighted by atomic mass is 19.3. The molecule has 1 aromatic carbocycles. The fourth-order valence-electron chi connectivity index (χ4n) is 1.96. The molecule has 0 saturated carbocycles. The van der Waals surface area contributed by atoms with Gasteiger partial charge in [-0.15, -0.1) is 0 Å². The van der Waals surface area contributed by atoms with Crippen LogP contribution in [0.5, 0.6) is 5.75 Å². The predicted molar refractivity (Wildman–Crippen MR) is 76.1 cm³/mol. The highest BCUT2D eigenvalue weighted by molar-refractivity contribution is 5.52. The summed E-state index contributed by atoms with van der Waals surface area (Å²) in [4.78, 5) is 4.11. The van der Waals surface area contributed by atoms with Gasteiger partial charge in [-0.3, -0.25) is 0 Å². The van der Waals surface area contributed by atoms with Gasteiger partial charge in [0.05, 0.1) is 19.9 Å². The van der Waals surface area contributed by atoms with Gasteiger partial charge in [-0.05, 0) is 24.3 Å². The smallest absolute Gasteiger partial charge is 0.387 e. The molecule has 1 aromatic rings. The Kier molecular flexibility index (Phi) is 5.77. The zero-order chi connectivity index (χ0) is 15.1. The lowest BCUT2D eigenvalue weighted by Crippen LogP contribution is -2.28. The quantitative estimate of drug-likeness (QED) is 0.742. The van der Waals surface area contributed by atoms with E-state index in [4.69, 9.17) is 10.5 Å². The van der Waals surface area contributed by atoms with E-state index in [1.807, 2.05) is 17.3 Å². The summed E-state index contributed by atoms with van der Waals surface area (Å²) in [7, 11) is 0. The van der Waals surface area contributed by atoms with E-state index in [0.717, 1.165) is 12.2 Å². The van der Waals surface area contributed by atoms with Crippen LogP contribution in [0.25, 0.3) is 0 Å². The minimum absolute atomic E-state index is 0.156. The van der Waals surface area contributed by atoms with E-state index in [0.29, 0.717) is 26.4 Å². The van der Waals surface area contributed by atoms with Crippen LogP contribution >= 0.6 is 0 Å². The zero-order valence-corrected chi connectivity index (χ0v) is 11.6. The van der Waals surface area contributed by atoms with E-state index in [9.17, 15) is 8.78 Å². The van der Waals surface area contributed by atoms with Crippen molar-refractivity contribution in [3.05, 3.63) is 36.7 Å². The Morgan fingerprint density at radius 3 is 2.57 bits per heavy atom. The largest absolute Gasteiger partial charge is 0.435 e. The fourth-order valence-corrected chi connectivity index (χ4v) is 1.96. The van der Waals surface area contributed by atoms with E-state index >= 15 is 0 Å². The van der Waals surface area contributed by atoms with Gasteiger partial charge in [0.25, 0.3) is 0 Å². The minimum atomic E-state index is -2.80. The molecule has 116 valence electrons. The number of alkyl halides is 2. The summed E-state index contributed by atoms with van der Waals surface area (Å²) in [6.07, 6.45) is 3.90. The molecule has 21 heavy (non-hydrogen) atoms. The summed E-state index contributed by atoms with van der Waals surface area (Å²) < 4.78 is 33.8. The van der Waals surface area contributed by atoms with Crippen LogP contribution in [0.1, 0.15) is 0 Å². The first-order valence-corrected chi connectivity index (χ1v) is 6.71. The van der Waals surface area contributed by atoms with Gasteiger partial charge in [0.15, 0.2) is 0 Å². The molecule has 1 aliphatic rings. The molecule has 0 atom stereocenters. The van der Waals surface area contributed by atoms with Crippen molar-refractivity contribution in [1.29, 1.82) is 0 Å². The third-order valence-corrected chi connectivity index (χ3v) is 2.97. The van der Waals surface area contributed by atoms with Crippen molar-refractivity contribution in [2.75, 3.05) is 37.9 Å². The van der Waals surface area contributed by atoms with Crippen molar-refractivity contribution < 1.29 is 18.3 Å². The summed E-state index contributed by atoms with van der Waals surface area (Å²) in [5.41, 5.74) is 6.26. The number of hydrogen-bond donors (Lipinski definition) is 1. The SMILES string of the molecule is NCCOCCN1C=CN(c2ccc(OC(F)F)cc2)C1. The Hall–Kier alpha value is -1.86. The number of nitrogens with two attached hydrogens (primary N) is 1. The lowest BCUT2D eigenvalue weighted by Gasteiger charge is -2.21. The molecular weight excluding hydrogens is 280 g/mol. The van der Waals surface area contributed by atoms with Crippen LogP contribution in [0.3, 0.4) is 0 Å². The van der Waals surface area contributed by atoms with Crippen molar-refractivity contribution >= 4 is 5.69 Å². The second-order valence-electron chi connectivity index (χ2n) is 4.50. The monoisotopic (exact) mass is 299 g/mol. The third kappa shape index (κ3) is 4.87. The van der Waals surface area contributed by atoms with Crippen molar-refractivity contribution in [2.24, 2.45) is 5.73 Å². The first-order chi connectivity index (χ1) is 10.2. The molecule has 7 heteroatoms. The number of halogens is 2. The first kappa shape index (κ1) is 15.5. The van der Waals surface area contributed by atoms with Crippen LogP contribution in [0.15, 0.2) is 36.7 Å². The number of anilines is 1. The van der Waals surface area contributed by atoms with Gasteiger partial charge in [-0.25, -0.2) is 0 Å². The summed E-state index contributed by atoms with van der Waals surface area (Å²) in [5, 5.41) is 0. The number of ether oxygens (including phenoxy) is 2. The number of hydrogen-bond acceptors (Lipinski definition) is 5. The second kappa shape index (κ2) is 7.80. The summed E-state index contributed by atoms with van der Waals surface area (Å²) in [6.45, 7) is 0.380. The van der Waals surface area contributed by atoms with Crippen molar-refractivity contribution in [3.63, 3.8) is 0 Å². The maximum absolute atomic E-state index is 12.1. The maximum Gasteiger partial charge on any atom is 0.387 e. The molecule has 0 radical (unpaired) electrons. The van der Waals surface area contributed by atoms with Crippen LogP contribution < -0.4 is 15.4 Å². The van der Waals surface area contributed by atoms with Crippen LogP contribution in [0.2, 0.25) is 0 Å². The van der Waals surface area contributed by atoms with Crippen LogP contribution in [0.4, 0.5) is 14.5 Å². The molecule has 0 spiro atoms. The number of benzene rings is 1. The highest BCUT2D eigenvalue weighted by Crippen LogP contribution is 2.23. The van der Waals surface area contributed by atoms with Crippen molar-refractivity contribution in [3.8, 4) is 5.75 Å². The molecule has 2 rings (SSSR count). The van der Waals surface area contributed by atoms with Gasteiger partial charge in [-0.1, -0.05) is 0 Å². The minimum Gasteiger partial charge on any atom is -0.435 e. The van der Waals surface area contributed by atoms with Crippen LogP contribution in [-0.2, 0) is 4.74 Å². The molecule has 0 unspecified atom stereocenters. The number of rotatable bonds is 8. The first-order valence-electron chi connectivity index (χ1n) is 6.71. The van der Waals surface area contributed by atoms with E-state index < -0.39 is 6.61 Å². The molecular formula is C14H19F2N3O2. The van der Waals surface area contributed by atoms with Gasteiger partial charge in [0.2, 0.25) is 0 Å². The molecule has 0 fully saturated rings. The molecule has 0 bridgehead atoms. The lowest BCUT2D eigenvalue weighted by atomic mass is 10.3. The molecule has 5 nitrogen and oxygen atoms in total. The zero-order valence-electron chi connectivity index (χ0n) is 11.6. The molecule has 0 saturated heterocycles. The number of nitrogens with zero attached hydrogens (tertiary/aromatic N) is 2. The lowest BCUT2D eigenvalue weighted by molar-refractivity contribution is -0.0498. The Morgan fingerprint density at radius 1 is 1.14 bits per heavy atom. The highest BCUT2D eigenvalue weighted by Gasteiger charge is 2.14. The van der Waals surface area contributed by atoms with E-state index in [2.05, 4.69) is 9.64 Å². The normalized spacial score (nSPS) is 14.3. The van der Waals surface area contributed by atoms with E-state index in [1.165, 1.54) is 12.1 Å². The van der Waals surface area contributed by atoms with E-state index in [1.54, 1.807) is 12.1 Å². The topological polar surface area (TPSA) is 51.0 Å². The third-order valence-electron chi connectivity index (χ3n) is 2.97. The van der Waals surface area contributed by atoms with Crippen molar-refractivity contribution in [1.82, 2.24) is 4.90 Å². The summed E-state index contributed by atoms with van der Waals surface area (Å²) in [5.74, 6) is 0.156.